The molecule has 0 aromatic heterocycles. The zero-order valence-electron chi connectivity index (χ0n) is 16.0. The predicted molar refractivity (Wildman–Crippen MR) is 104 cm³/mol. The Kier molecular flexibility index (Phi) is 18.8. The van der Waals surface area contributed by atoms with Crippen LogP contribution in [0.3, 0.4) is 0 Å². The maximum atomic E-state index is 5.59. The summed E-state index contributed by atoms with van der Waals surface area (Å²) in [6.45, 7) is 11.2. The zero-order chi connectivity index (χ0) is 17.2. The summed E-state index contributed by atoms with van der Waals surface area (Å²) >= 11 is 0. The van der Waals surface area contributed by atoms with Gasteiger partial charge < -0.3 is 18.9 Å². The highest BCUT2D eigenvalue weighted by atomic mass is 28.2. The Morgan fingerprint density at radius 1 is 0.565 bits per heavy atom. The molecular formula is C17H40O4Si2. The standard InChI is InChI=1S/C17H40O4Si2/c1-5-18-16(19-6-2)10-14-22-12-9-13-23-15-11-17(20-7-3)21-8-4/h16-17H,5-15,22-23H2,1-4H3. The summed E-state index contributed by atoms with van der Waals surface area (Å²) in [5.41, 5.74) is 0. The van der Waals surface area contributed by atoms with Gasteiger partial charge in [-0.05, 0) is 40.5 Å². The molecule has 0 rings (SSSR count). The third-order valence-electron chi connectivity index (χ3n) is 3.79. The molecule has 0 unspecified atom stereocenters. The van der Waals surface area contributed by atoms with E-state index in [4.69, 9.17) is 18.9 Å². The van der Waals surface area contributed by atoms with Gasteiger partial charge in [-0.2, -0.15) is 0 Å². The summed E-state index contributed by atoms with van der Waals surface area (Å²) < 4.78 is 22.3. The van der Waals surface area contributed by atoms with E-state index >= 15 is 0 Å². The summed E-state index contributed by atoms with van der Waals surface area (Å²) in [6, 6.07) is 5.67. The fraction of sp³-hybridized carbons (Fsp3) is 1.00. The fourth-order valence-electron chi connectivity index (χ4n) is 2.68. The van der Waals surface area contributed by atoms with Crippen LogP contribution >= 0.6 is 0 Å². The second-order valence-corrected chi connectivity index (χ2v) is 9.98. The van der Waals surface area contributed by atoms with Crippen molar-refractivity contribution in [3.8, 4) is 0 Å². The van der Waals surface area contributed by atoms with Gasteiger partial charge in [0.2, 0.25) is 0 Å². The Morgan fingerprint density at radius 2 is 0.913 bits per heavy atom. The first-order valence-corrected chi connectivity index (χ1v) is 13.7. The van der Waals surface area contributed by atoms with Crippen LogP contribution in [-0.2, 0) is 18.9 Å². The normalized spacial score (nSPS) is 12.8. The van der Waals surface area contributed by atoms with Gasteiger partial charge in [0.05, 0.1) is 0 Å². The molecule has 23 heavy (non-hydrogen) atoms. The highest BCUT2D eigenvalue weighted by Gasteiger charge is 2.08. The minimum atomic E-state index is 0.0425. The summed E-state index contributed by atoms with van der Waals surface area (Å²) in [6.07, 6.45) is 3.72. The molecule has 0 aromatic rings. The lowest BCUT2D eigenvalue weighted by atomic mass is 10.4. The monoisotopic (exact) mass is 364 g/mol. The topological polar surface area (TPSA) is 36.9 Å². The van der Waals surface area contributed by atoms with E-state index in [9.17, 15) is 0 Å². The Morgan fingerprint density at radius 3 is 1.22 bits per heavy atom. The van der Waals surface area contributed by atoms with E-state index in [-0.39, 0.29) is 31.6 Å². The van der Waals surface area contributed by atoms with E-state index in [1.807, 2.05) is 27.7 Å². The van der Waals surface area contributed by atoms with Crippen LogP contribution in [0.25, 0.3) is 0 Å². The molecular weight excluding hydrogens is 324 g/mol. The Bertz CT molecular complexity index is 199. The van der Waals surface area contributed by atoms with Gasteiger partial charge in [-0.1, -0.05) is 30.6 Å². The molecule has 0 atom stereocenters. The largest absolute Gasteiger partial charge is 0.353 e. The molecule has 0 aromatic carbocycles. The molecule has 0 fully saturated rings. The van der Waals surface area contributed by atoms with Crippen LogP contribution < -0.4 is 0 Å². The smallest absolute Gasteiger partial charge is 0.157 e. The maximum absolute atomic E-state index is 5.59. The number of hydrogen-bond donors (Lipinski definition) is 0. The van der Waals surface area contributed by atoms with Crippen LogP contribution in [0.5, 0.6) is 0 Å². The van der Waals surface area contributed by atoms with Gasteiger partial charge in [-0.25, -0.2) is 0 Å². The second kappa shape index (κ2) is 18.6. The van der Waals surface area contributed by atoms with Crippen LogP contribution in [0.2, 0.25) is 24.2 Å². The van der Waals surface area contributed by atoms with Gasteiger partial charge in [0.1, 0.15) is 0 Å². The average molecular weight is 365 g/mol. The van der Waals surface area contributed by atoms with Crippen LogP contribution in [0.1, 0.15) is 47.0 Å². The van der Waals surface area contributed by atoms with Gasteiger partial charge in [-0.3, -0.25) is 0 Å². The second-order valence-electron chi connectivity index (χ2n) is 5.73. The molecule has 140 valence electrons. The Labute approximate surface area is 148 Å². The van der Waals surface area contributed by atoms with Crippen LogP contribution in [-0.4, -0.2) is 58.0 Å². The van der Waals surface area contributed by atoms with Crippen molar-refractivity contribution in [2.24, 2.45) is 0 Å². The van der Waals surface area contributed by atoms with Gasteiger partial charge in [0, 0.05) is 45.5 Å². The molecule has 0 aliphatic heterocycles. The predicted octanol–water partition coefficient (Wildman–Crippen LogP) is 2.97. The highest BCUT2D eigenvalue weighted by Crippen LogP contribution is 2.09. The van der Waals surface area contributed by atoms with Crippen molar-refractivity contribution in [1.82, 2.24) is 0 Å². The van der Waals surface area contributed by atoms with Crippen molar-refractivity contribution >= 4 is 19.0 Å². The molecule has 0 aliphatic carbocycles. The van der Waals surface area contributed by atoms with Crippen molar-refractivity contribution in [3.63, 3.8) is 0 Å². The van der Waals surface area contributed by atoms with Crippen molar-refractivity contribution in [3.05, 3.63) is 0 Å². The number of ether oxygens (including phenoxy) is 4. The van der Waals surface area contributed by atoms with Crippen molar-refractivity contribution in [2.75, 3.05) is 26.4 Å². The van der Waals surface area contributed by atoms with E-state index in [0.717, 1.165) is 39.3 Å². The Balaban J connectivity index is 3.41. The molecule has 0 saturated carbocycles. The van der Waals surface area contributed by atoms with Crippen molar-refractivity contribution in [2.45, 2.75) is 83.7 Å². The molecule has 0 bridgehead atoms. The van der Waals surface area contributed by atoms with Crippen LogP contribution in [0.4, 0.5) is 0 Å². The minimum absolute atomic E-state index is 0.0425. The summed E-state index contributed by atoms with van der Waals surface area (Å²) in [5.74, 6) is 0. The SMILES string of the molecule is CCOC(CC[SiH2]CCC[SiH2]CCC(OCC)OCC)OCC. The van der Waals surface area contributed by atoms with Gasteiger partial charge >= 0.3 is 0 Å². The molecule has 0 aliphatic rings. The molecule has 0 radical (unpaired) electrons. The third-order valence-corrected chi connectivity index (χ3v) is 7.61. The highest BCUT2D eigenvalue weighted by molar-refractivity contribution is 6.37. The maximum Gasteiger partial charge on any atom is 0.157 e. The third kappa shape index (κ3) is 15.5. The lowest BCUT2D eigenvalue weighted by Gasteiger charge is -2.16. The van der Waals surface area contributed by atoms with E-state index in [2.05, 4.69) is 0 Å². The average Bonchev–Trinajstić information content (AvgIpc) is 2.54. The van der Waals surface area contributed by atoms with Crippen LogP contribution in [0.15, 0.2) is 0 Å². The minimum Gasteiger partial charge on any atom is -0.353 e. The van der Waals surface area contributed by atoms with Crippen molar-refractivity contribution in [1.29, 1.82) is 0 Å². The van der Waals surface area contributed by atoms with E-state index in [1.54, 1.807) is 0 Å². The number of hydrogen-bond acceptors (Lipinski definition) is 4. The van der Waals surface area contributed by atoms with Gasteiger partial charge in [0.15, 0.2) is 12.6 Å². The quantitative estimate of drug-likeness (QED) is 0.213. The molecule has 6 heteroatoms. The van der Waals surface area contributed by atoms with Crippen LogP contribution in [0, 0.1) is 0 Å². The first kappa shape index (κ1) is 23.3. The van der Waals surface area contributed by atoms with Gasteiger partial charge in [0.25, 0.3) is 0 Å². The summed E-state index contributed by atoms with van der Waals surface area (Å²) in [4.78, 5) is 0. The number of rotatable bonds is 18. The molecule has 0 saturated heterocycles. The fourth-order valence-corrected chi connectivity index (χ4v) is 6.75. The lowest BCUT2D eigenvalue weighted by molar-refractivity contribution is -0.137. The molecule has 0 spiro atoms. The van der Waals surface area contributed by atoms with E-state index < -0.39 is 0 Å². The summed E-state index contributed by atoms with van der Waals surface area (Å²) in [5, 5.41) is 0. The molecule has 0 N–H and O–H groups in total. The van der Waals surface area contributed by atoms with E-state index in [0.29, 0.717) is 0 Å². The van der Waals surface area contributed by atoms with Crippen molar-refractivity contribution < 1.29 is 18.9 Å². The lowest BCUT2D eigenvalue weighted by Crippen LogP contribution is -2.18. The zero-order valence-corrected chi connectivity index (χ0v) is 18.8. The van der Waals surface area contributed by atoms with E-state index in [1.165, 1.54) is 30.6 Å². The molecule has 0 amide bonds. The van der Waals surface area contributed by atoms with Gasteiger partial charge in [-0.15, -0.1) is 0 Å². The Hall–Kier alpha value is 0.274. The molecule has 0 heterocycles. The first-order chi connectivity index (χ1) is 11.3. The first-order valence-electron chi connectivity index (χ1n) is 9.74. The summed E-state index contributed by atoms with van der Waals surface area (Å²) in [7, 11) is 0.163. The molecule has 4 nitrogen and oxygen atoms in total.